The molecule has 0 spiro atoms. The van der Waals surface area contributed by atoms with Crippen molar-refractivity contribution in [2.24, 2.45) is 0 Å². The quantitative estimate of drug-likeness (QED) is 0.472. The molecule has 5 nitrogen and oxygen atoms in total. The normalized spacial score (nSPS) is 16.9. The summed E-state index contributed by atoms with van der Waals surface area (Å²) in [5, 5.41) is 10.9. The number of esters is 1. The highest BCUT2D eigenvalue weighted by Gasteiger charge is 2.38. The maximum atomic E-state index is 10.9. The van der Waals surface area contributed by atoms with Crippen molar-refractivity contribution < 1.29 is 14.5 Å². The number of nitro groups is 1. The van der Waals surface area contributed by atoms with Crippen LogP contribution in [0.15, 0.2) is 24.3 Å². The molecule has 0 bridgehead atoms. The van der Waals surface area contributed by atoms with Crippen LogP contribution in [0.4, 0.5) is 5.69 Å². The van der Waals surface area contributed by atoms with Gasteiger partial charge in [-0.2, -0.15) is 0 Å². The van der Waals surface area contributed by atoms with E-state index < -0.39 is 0 Å². The van der Waals surface area contributed by atoms with Gasteiger partial charge in [0.1, 0.15) is 0 Å². The number of ether oxygens (including phenoxy) is 1. The molecule has 0 unspecified atom stereocenters. The first kappa shape index (κ1) is 15.2. The second-order valence-corrected chi connectivity index (χ2v) is 7.39. The Morgan fingerprint density at radius 1 is 1.45 bits per heavy atom. The third kappa shape index (κ3) is 3.46. The van der Waals surface area contributed by atoms with Crippen LogP contribution in [0.1, 0.15) is 18.9 Å². The number of hydrogen-bond acceptors (Lipinski definition) is 6. The first-order valence-corrected chi connectivity index (χ1v) is 8.17. The Bertz CT molecular complexity index is 515. The maximum Gasteiger partial charge on any atom is 0.302 e. The van der Waals surface area contributed by atoms with Crippen LogP contribution < -0.4 is 0 Å². The van der Waals surface area contributed by atoms with Crippen LogP contribution in [0.5, 0.6) is 0 Å². The van der Waals surface area contributed by atoms with Crippen molar-refractivity contribution in [1.82, 2.24) is 0 Å². The fraction of sp³-hybridized carbons (Fsp3) is 0.462. The van der Waals surface area contributed by atoms with Crippen LogP contribution in [0.25, 0.3) is 0 Å². The number of hydrogen-bond donors (Lipinski definition) is 0. The summed E-state index contributed by atoms with van der Waals surface area (Å²) in [6.45, 7) is 1.72. The zero-order valence-corrected chi connectivity index (χ0v) is 12.7. The van der Waals surface area contributed by atoms with E-state index in [4.69, 9.17) is 4.74 Å². The lowest BCUT2D eigenvalue weighted by molar-refractivity contribution is -0.384. The number of nitrogens with zero attached hydrogens (tertiary/aromatic N) is 1. The number of nitro benzene ring substituents is 1. The first-order valence-electron chi connectivity index (χ1n) is 6.20. The maximum absolute atomic E-state index is 10.9. The predicted molar refractivity (Wildman–Crippen MR) is 80.9 cm³/mol. The van der Waals surface area contributed by atoms with Gasteiger partial charge in [-0.3, -0.25) is 14.9 Å². The average molecular weight is 313 g/mol. The highest BCUT2D eigenvalue weighted by Crippen LogP contribution is 2.54. The molecule has 1 aliphatic rings. The van der Waals surface area contributed by atoms with Gasteiger partial charge in [0.2, 0.25) is 0 Å². The van der Waals surface area contributed by atoms with Gasteiger partial charge in [-0.15, -0.1) is 23.5 Å². The van der Waals surface area contributed by atoms with Crippen LogP contribution in [0.3, 0.4) is 0 Å². The van der Waals surface area contributed by atoms with Crippen molar-refractivity contribution in [3.05, 3.63) is 39.9 Å². The molecule has 1 aromatic carbocycles. The van der Waals surface area contributed by atoms with Crippen molar-refractivity contribution in [3.8, 4) is 0 Å². The fourth-order valence-electron chi connectivity index (χ4n) is 2.10. The lowest BCUT2D eigenvalue weighted by Crippen LogP contribution is -2.18. The zero-order chi connectivity index (χ0) is 14.6. The number of thioether (sulfide) groups is 2. The Kier molecular flexibility index (Phi) is 4.93. The van der Waals surface area contributed by atoms with Gasteiger partial charge in [0.15, 0.2) is 0 Å². The third-order valence-corrected chi connectivity index (χ3v) is 6.58. The van der Waals surface area contributed by atoms with Crippen LogP contribution in [0, 0.1) is 10.1 Å². The monoisotopic (exact) mass is 313 g/mol. The molecule has 0 aromatic heterocycles. The van der Waals surface area contributed by atoms with E-state index in [1.165, 1.54) is 13.0 Å². The summed E-state index contributed by atoms with van der Waals surface area (Å²) in [5.41, 5.74) is 1.02. The molecule has 1 heterocycles. The molecule has 108 valence electrons. The van der Waals surface area contributed by atoms with E-state index in [1.807, 2.05) is 6.07 Å². The van der Waals surface area contributed by atoms with Crippen molar-refractivity contribution >= 4 is 35.2 Å². The molecular formula is C13H15NO4S2. The van der Waals surface area contributed by atoms with E-state index in [0.29, 0.717) is 13.0 Å². The second kappa shape index (κ2) is 6.49. The van der Waals surface area contributed by atoms with E-state index in [2.05, 4.69) is 0 Å². The smallest absolute Gasteiger partial charge is 0.302 e. The van der Waals surface area contributed by atoms with Crippen LogP contribution in [0.2, 0.25) is 0 Å². The van der Waals surface area contributed by atoms with Crippen LogP contribution >= 0.6 is 23.5 Å². The van der Waals surface area contributed by atoms with E-state index in [9.17, 15) is 14.9 Å². The standard InChI is InChI=1S/C13H15NO4S2/c1-10(15)18-6-5-13(19-7-8-20-13)11-3-2-4-12(9-11)14(16)17/h2-4,9H,5-8H2,1H3. The zero-order valence-electron chi connectivity index (χ0n) is 11.0. The van der Waals surface area contributed by atoms with Gasteiger partial charge in [0, 0.05) is 37.0 Å². The molecule has 1 fully saturated rings. The van der Waals surface area contributed by atoms with Crippen molar-refractivity contribution in [3.63, 3.8) is 0 Å². The molecule has 1 aromatic rings. The highest BCUT2D eigenvalue weighted by atomic mass is 32.2. The number of rotatable bonds is 5. The van der Waals surface area contributed by atoms with Crippen molar-refractivity contribution in [2.45, 2.75) is 17.4 Å². The van der Waals surface area contributed by atoms with Crippen LogP contribution in [-0.4, -0.2) is 29.0 Å². The van der Waals surface area contributed by atoms with Gasteiger partial charge in [-0.05, 0) is 5.56 Å². The molecule has 0 saturated carbocycles. The summed E-state index contributed by atoms with van der Waals surface area (Å²) in [7, 11) is 0. The highest BCUT2D eigenvalue weighted by molar-refractivity contribution is 8.20. The van der Waals surface area contributed by atoms with Gasteiger partial charge in [0.05, 0.1) is 15.6 Å². The Hall–Kier alpha value is -1.21. The molecule has 0 amide bonds. The summed E-state index contributed by atoms with van der Waals surface area (Å²) in [6.07, 6.45) is 0.656. The minimum absolute atomic E-state index is 0.0995. The number of benzene rings is 1. The van der Waals surface area contributed by atoms with Gasteiger partial charge < -0.3 is 4.74 Å². The fourth-order valence-corrected chi connectivity index (χ4v) is 5.30. The largest absolute Gasteiger partial charge is 0.466 e. The molecule has 1 saturated heterocycles. The molecule has 0 aliphatic carbocycles. The van der Waals surface area contributed by atoms with Crippen molar-refractivity contribution in [1.29, 1.82) is 0 Å². The number of non-ortho nitro benzene ring substituents is 1. The molecule has 2 rings (SSSR count). The SMILES string of the molecule is CC(=O)OCCC1(c2cccc([N+](=O)[O-])c2)SCCS1. The molecular weight excluding hydrogens is 298 g/mol. The molecule has 0 atom stereocenters. The summed E-state index contributed by atoms with van der Waals surface area (Å²) in [4.78, 5) is 21.4. The Morgan fingerprint density at radius 3 is 2.75 bits per heavy atom. The molecule has 7 heteroatoms. The van der Waals surface area contributed by atoms with Crippen molar-refractivity contribution in [2.75, 3.05) is 18.1 Å². The van der Waals surface area contributed by atoms with Crippen LogP contribution in [-0.2, 0) is 13.6 Å². The van der Waals surface area contributed by atoms with E-state index in [1.54, 1.807) is 35.7 Å². The number of carbonyl (C=O) groups excluding carboxylic acids is 1. The lowest BCUT2D eigenvalue weighted by atomic mass is 10.1. The van der Waals surface area contributed by atoms with E-state index >= 15 is 0 Å². The summed E-state index contributed by atoms with van der Waals surface area (Å²) >= 11 is 3.53. The Labute approximate surface area is 125 Å². The Balaban J connectivity index is 2.21. The van der Waals surface area contributed by atoms with Gasteiger partial charge in [0.25, 0.3) is 5.69 Å². The van der Waals surface area contributed by atoms with E-state index in [-0.39, 0.29) is 20.7 Å². The van der Waals surface area contributed by atoms with Gasteiger partial charge in [-0.1, -0.05) is 12.1 Å². The predicted octanol–water partition coefficient (Wildman–Crippen LogP) is 3.18. The minimum atomic E-state index is -0.381. The third-order valence-electron chi connectivity index (χ3n) is 2.99. The topological polar surface area (TPSA) is 69.4 Å². The second-order valence-electron chi connectivity index (χ2n) is 4.35. The van der Waals surface area contributed by atoms with E-state index in [0.717, 1.165) is 17.1 Å². The minimum Gasteiger partial charge on any atom is -0.466 e. The molecule has 1 aliphatic heterocycles. The molecule has 0 N–H and O–H groups in total. The summed E-state index contributed by atoms with van der Waals surface area (Å²) in [6, 6.07) is 6.74. The summed E-state index contributed by atoms with van der Waals surface area (Å²) < 4.78 is 4.78. The average Bonchev–Trinajstić information content (AvgIpc) is 2.88. The first-order chi connectivity index (χ1) is 9.53. The molecule has 0 radical (unpaired) electrons. The summed E-state index contributed by atoms with van der Waals surface area (Å²) in [5.74, 6) is 1.69. The van der Waals surface area contributed by atoms with Gasteiger partial charge >= 0.3 is 5.97 Å². The lowest BCUT2D eigenvalue weighted by Gasteiger charge is -2.27. The molecule has 20 heavy (non-hydrogen) atoms. The van der Waals surface area contributed by atoms with Gasteiger partial charge in [-0.25, -0.2) is 0 Å². The Morgan fingerprint density at radius 2 is 2.15 bits per heavy atom. The number of carbonyl (C=O) groups is 1.